The van der Waals surface area contributed by atoms with Gasteiger partial charge >= 0.3 is 6.09 Å². The molecule has 0 unspecified atom stereocenters. The maximum absolute atomic E-state index is 12.2. The average molecular weight is 300 g/mol. The Morgan fingerprint density at radius 3 is 2.55 bits per heavy atom. The number of rotatable bonds is 4. The summed E-state index contributed by atoms with van der Waals surface area (Å²) in [4.78, 5) is 23.6. The van der Waals surface area contributed by atoms with Crippen molar-refractivity contribution in [3.63, 3.8) is 0 Å². The van der Waals surface area contributed by atoms with Gasteiger partial charge in [-0.05, 0) is 37.3 Å². The molecule has 0 spiro atoms. The van der Waals surface area contributed by atoms with Gasteiger partial charge in [0.25, 0.3) is 5.91 Å². The number of carbonyl (C=O) groups excluding carboxylic acids is 2. The van der Waals surface area contributed by atoms with Gasteiger partial charge in [0.1, 0.15) is 0 Å². The van der Waals surface area contributed by atoms with Gasteiger partial charge < -0.3 is 10.1 Å². The van der Waals surface area contributed by atoms with Gasteiger partial charge in [-0.15, -0.1) is 0 Å². The Labute approximate surface area is 127 Å². The summed E-state index contributed by atoms with van der Waals surface area (Å²) < 4.78 is 4.69. The lowest BCUT2D eigenvalue weighted by molar-refractivity contribution is 0.102. The van der Waals surface area contributed by atoms with Gasteiger partial charge in [0.05, 0.1) is 12.3 Å². The summed E-state index contributed by atoms with van der Waals surface area (Å²) in [5.41, 5.74) is 1.12. The predicted molar refractivity (Wildman–Crippen MR) is 82.1 cm³/mol. The summed E-state index contributed by atoms with van der Waals surface area (Å²) in [6.45, 7) is 1.78. The zero-order valence-corrected chi connectivity index (χ0v) is 12.0. The molecule has 6 heteroatoms. The molecule has 22 heavy (non-hydrogen) atoms. The average Bonchev–Trinajstić information content (AvgIpc) is 2.55. The first kappa shape index (κ1) is 15.5. The number of para-hydroxylation sites is 1. The fourth-order valence-electron chi connectivity index (χ4n) is 1.79. The highest BCUT2D eigenvalue weighted by molar-refractivity contribution is 6.05. The first-order valence-corrected chi connectivity index (χ1v) is 6.74. The predicted octanol–water partition coefficient (Wildman–Crippen LogP) is 3.29. The topological polar surface area (TPSA) is 78.9 Å². The highest BCUT2D eigenvalue weighted by Crippen LogP contribution is 2.17. The molecular weight excluding hydrogens is 284 g/mol. The lowest BCUT2D eigenvalue weighted by atomic mass is 10.2. The van der Waals surface area contributed by atoms with Crippen molar-refractivity contribution < 1.29 is 19.5 Å². The van der Waals surface area contributed by atoms with Crippen LogP contribution in [0.4, 0.5) is 16.2 Å². The van der Waals surface area contributed by atoms with Gasteiger partial charge in [-0.1, -0.05) is 24.3 Å². The van der Waals surface area contributed by atoms with E-state index in [0.29, 0.717) is 16.3 Å². The first-order valence-electron chi connectivity index (χ1n) is 6.74. The zero-order chi connectivity index (χ0) is 15.9. The maximum atomic E-state index is 12.2. The number of hydrogen-bond donors (Lipinski definition) is 2. The molecule has 0 fully saturated rings. The molecule has 0 saturated heterocycles. The summed E-state index contributed by atoms with van der Waals surface area (Å²) in [6, 6.07) is 15.0. The highest BCUT2D eigenvalue weighted by Gasteiger charge is 2.16. The number of nitrogens with one attached hydrogen (secondary N) is 1. The van der Waals surface area contributed by atoms with Crippen LogP contribution in [-0.4, -0.2) is 23.8 Å². The van der Waals surface area contributed by atoms with Crippen molar-refractivity contribution >= 4 is 23.4 Å². The molecule has 0 saturated carbocycles. The molecule has 0 aromatic heterocycles. The normalized spacial score (nSPS) is 9.91. The van der Waals surface area contributed by atoms with E-state index in [1.807, 2.05) is 18.2 Å². The number of hydroxylamine groups is 1. The summed E-state index contributed by atoms with van der Waals surface area (Å²) in [6.07, 6.45) is -0.900. The van der Waals surface area contributed by atoms with Crippen LogP contribution in [0.3, 0.4) is 0 Å². The van der Waals surface area contributed by atoms with Crippen LogP contribution in [0.1, 0.15) is 17.3 Å². The number of nitrogens with zero attached hydrogens (tertiary/aromatic N) is 1. The molecule has 0 aliphatic rings. The molecule has 6 nitrogen and oxygen atoms in total. The summed E-state index contributed by atoms with van der Waals surface area (Å²) in [5, 5.41) is 12.8. The van der Waals surface area contributed by atoms with Crippen LogP contribution >= 0.6 is 0 Å². The van der Waals surface area contributed by atoms with E-state index in [1.165, 1.54) is 12.1 Å². The smallest absolute Gasteiger partial charge is 0.438 e. The van der Waals surface area contributed by atoms with E-state index in [-0.39, 0.29) is 18.2 Å². The first-order chi connectivity index (χ1) is 10.6. The molecule has 0 aliphatic heterocycles. The van der Waals surface area contributed by atoms with Crippen molar-refractivity contribution in [1.29, 1.82) is 0 Å². The monoisotopic (exact) mass is 300 g/mol. The van der Waals surface area contributed by atoms with Gasteiger partial charge in [-0.3, -0.25) is 10.0 Å². The Bertz CT molecular complexity index is 658. The molecular formula is C16H16N2O4. The van der Waals surface area contributed by atoms with Crippen LogP contribution in [0.15, 0.2) is 54.6 Å². The van der Waals surface area contributed by atoms with Crippen molar-refractivity contribution in [2.24, 2.45) is 0 Å². The third-order valence-corrected chi connectivity index (χ3v) is 2.83. The largest absolute Gasteiger partial charge is 0.448 e. The summed E-state index contributed by atoms with van der Waals surface area (Å²) in [7, 11) is 0. The molecule has 2 N–H and O–H groups in total. The van der Waals surface area contributed by atoms with Crippen molar-refractivity contribution in [3.05, 3.63) is 60.2 Å². The standard InChI is InChI=1S/C16H16N2O4/c1-2-22-16(20)18(21)14-10-6-7-12(11-14)15(19)17-13-8-4-3-5-9-13/h3-11,21H,2H2,1H3,(H,17,19). The quantitative estimate of drug-likeness (QED) is 0.671. The number of ether oxygens (including phenoxy) is 1. The van der Waals surface area contributed by atoms with E-state index in [4.69, 9.17) is 4.74 Å². The second kappa shape index (κ2) is 7.24. The summed E-state index contributed by atoms with van der Waals surface area (Å²) >= 11 is 0. The van der Waals surface area contributed by atoms with E-state index >= 15 is 0 Å². The SMILES string of the molecule is CCOC(=O)N(O)c1cccc(C(=O)Nc2ccccc2)c1. The minimum atomic E-state index is -0.900. The van der Waals surface area contributed by atoms with Crippen LogP contribution in [0.5, 0.6) is 0 Å². The molecule has 2 aromatic carbocycles. The van der Waals surface area contributed by atoms with Crippen molar-refractivity contribution in [2.45, 2.75) is 6.92 Å². The minimum Gasteiger partial charge on any atom is -0.448 e. The number of anilines is 2. The van der Waals surface area contributed by atoms with E-state index in [2.05, 4.69) is 5.32 Å². The Hall–Kier alpha value is -2.86. The van der Waals surface area contributed by atoms with Gasteiger partial charge in [0.15, 0.2) is 0 Å². The van der Waals surface area contributed by atoms with E-state index in [0.717, 1.165) is 0 Å². The van der Waals surface area contributed by atoms with E-state index in [9.17, 15) is 14.8 Å². The zero-order valence-electron chi connectivity index (χ0n) is 12.0. The highest BCUT2D eigenvalue weighted by atomic mass is 16.6. The van der Waals surface area contributed by atoms with Gasteiger partial charge in [0, 0.05) is 11.3 Å². The molecule has 114 valence electrons. The molecule has 0 atom stereocenters. The van der Waals surface area contributed by atoms with Gasteiger partial charge in [-0.25, -0.2) is 4.79 Å². The van der Waals surface area contributed by atoms with Crippen LogP contribution in [0, 0.1) is 0 Å². The Kier molecular flexibility index (Phi) is 5.11. The number of amides is 2. The maximum Gasteiger partial charge on any atom is 0.438 e. The minimum absolute atomic E-state index is 0.143. The number of hydrogen-bond acceptors (Lipinski definition) is 4. The molecule has 0 aliphatic carbocycles. The van der Waals surface area contributed by atoms with E-state index in [1.54, 1.807) is 31.2 Å². The lowest BCUT2D eigenvalue weighted by Crippen LogP contribution is -2.28. The molecule has 2 rings (SSSR count). The second-order valence-corrected chi connectivity index (χ2v) is 4.38. The third-order valence-electron chi connectivity index (χ3n) is 2.83. The van der Waals surface area contributed by atoms with Crippen molar-refractivity contribution in [1.82, 2.24) is 0 Å². The fourth-order valence-corrected chi connectivity index (χ4v) is 1.79. The van der Waals surface area contributed by atoms with E-state index < -0.39 is 6.09 Å². The Morgan fingerprint density at radius 1 is 1.14 bits per heavy atom. The number of carbonyl (C=O) groups is 2. The van der Waals surface area contributed by atoms with Crippen LogP contribution in [-0.2, 0) is 4.74 Å². The van der Waals surface area contributed by atoms with Gasteiger partial charge in [0.2, 0.25) is 0 Å². The van der Waals surface area contributed by atoms with Gasteiger partial charge in [-0.2, -0.15) is 5.06 Å². The molecule has 0 bridgehead atoms. The lowest BCUT2D eigenvalue weighted by Gasteiger charge is -2.15. The summed E-state index contributed by atoms with van der Waals surface area (Å²) in [5.74, 6) is -0.342. The fraction of sp³-hybridized carbons (Fsp3) is 0.125. The van der Waals surface area contributed by atoms with Crippen LogP contribution in [0.2, 0.25) is 0 Å². The molecule has 2 aromatic rings. The molecule has 0 radical (unpaired) electrons. The molecule has 2 amide bonds. The molecule has 0 heterocycles. The Morgan fingerprint density at radius 2 is 1.86 bits per heavy atom. The second-order valence-electron chi connectivity index (χ2n) is 4.38. The Balaban J connectivity index is 2.14. The van der Waals surface area contributed by atoms with Crippen LogP contribution in [0.25, 0.3) is 0 Å². The number of benzene rings is 2. The van der Waals surface area contributed by atoms with Crippen molar-refractivity contribution in [2.75, 3.05) is 17.0 Å². The van der Waals surface area contributed by atoms with Crippen molar-refractivity contribution in [3.8, 4) is 0 Å². The van der Waals surface area contributed by atoms with Crippen LogP contribution < -0.4 is 10.4 Å². The third kappa shape index (κ3) is 3.83.